The molecular weight excluding hydrogens is 298 g/mol. The summed E-state index contributed by atoms with van der Waals surface area (Å²) >= 11 is 0. The van der Waals surface area contributed by atoms with Crippen LogP contribution in [0.1, 0.15) is 29.6 Å². The van der Waals surface area contributed by atoms with E-state index in [1.54, 1.807) is 24.3 Å². The highest BCUT2D eigenvalue weighted by Crippen LogP contribution is 2.29. The minimum absolute atomic E-state index is 0.309. The molecule has 1 aliphatic rings. The third-order valence-electron chi connectivity index (χ3n) is 3.93. The van der Waals surface area contributed by atoms with E-state index in [1.165, 1.54) is 7.11 Å². The van der Waals surface area contributed by atoms with Gasteiger partial charge in [-0.15, -0.1) is 0 Å². The number of carbonyl (C=O) groups is 2. The van der Waals surface area contributed by atoms with Crippen molar-refractivity contribution in [2.75, 3.05) is 13.7 Å². The van der Waals surface area contributed by atoms with Crippen LogP contribution < -0.4 is 14.8 Å². The Bertz CT molecular complexity index is 599. The minimum Gasteiger partial charge on any atom is -0.493 e. The summed E-state index contributed by atoms with van der Waals surface area (Å²) in [5.74, 6) is -0.722. The Morgan fingerprint density at radius 3 is 2.83 bits per heavy atom. The number of carbonyl (C=O) groups excluding carboxylic acids is 1. The van der Waals surface area contributed by atoms with Gasteiger partial charge in [-0.3, -0.25) is 9.59 Å². The van der Waals surface area contributed by atoms with Crippen LogP contribution in [0.15, 0.2) is 30.9 Å². The molecule has 0 saturated heterocycles. The molecule has 1 amide bonds. The molecule has 1 aliphatic carbocycles. The maximum Gasteiger partial charge on any atom is 0.308 e. The lowest BCUT2D eigenvalue weighted by Crippen LogP contribution is -2.40. The van der Waals surface area contributed by atoms with Gasteiger partial charge in [0.15, 0.2) is 11.5 Å². The molecule has 0 unspecified atom stereocenters. The molecule has 2 rings (SSSR count). The summed E-state index contributed by atoms with van der Waals surface area (Å²) in [6, 6.07) is 4.53. The van der Waals surface area contributed by atoms with Gasteiger partial charge in [-0.1, -0.05) is 19.1 Å². The predicted octanol–water partition coefficient (Wildman–Crippen LogP) is 2.24. The molecule has 1 aromatic rings. The molecule has 124 valence electrons. The summed E-state index contributed by atoms with van der Waals surface area (Å²) in [6.45, 7) is 3.92. The number of aliphatic carboxylic acids is 1. The van der Waals surface area contributed by atoms with Crippen molar-refractivity contribution in [1.82, 2.24) is 5.32 Å². The average Bonchev–Trinajstić information content (AvgIpc) is 3.01. The number of nitrogens with one attached hydrogen (secondary N) is 1. The Morgan fingerprint density at radius 2 is 2.17 bits per heavy atom. The van der Waals surface area contributed by atoms with E-state index in [-0.39, 0.29) is 11.9 Å². The summed E-state index contributed by atoms with van der Waals surface area (Å²) in [4.78, 5) is 23.5. The van der Waals surface area contributed by atoms with Crippen LogP contribution in [0.4, 0.5) is 0 Å². The molecule has 0 heterocycles. The number of hydrogen-bond donors (Lipinski definition) is 2. The second-order valence-corrected chi connectivity index (χ2v) is 5.42. The molecular formula is C17H21NO5. The largest absolute Gasteiger partial charge is 0.493 e. The lowest BCUT2D eigenvalue weighted by molar-refractivity contribution is -0.142. The van der Waals surface area contributed by atoms with Gasteiger partial charge in [-0.25, -0.2) is 0 Å². The Balaban J connectivity index is 2.10. The number of hydrogen-bond acceptors (Lipinski definition) is 4. The van der Waals surface area contributed by atoms with Gasteiger partial charge in [0.1, 0.15) is 6.61 Å². The maximum absolute atomic E-state index is 12.3. The third-order valence-corrected chi connectivity index (χ3v) is 3.93. The molecule has 6 heteroatoms. The van der Waals surface area contributed by atoms with E-state index in [0.29, 0.717) is 36.5 Å². The summed E-state index contributed by atoms with van der Waals surface area (Å²) in [7, 11) is 1.50. The van der Waals surface area contributed by atoms with Crippen molar-refractivity contribution in [3.05, 3.63) is 36.4 Å². The number of amides is 1. The molecule has 6 nitrogen and oxygen atoms in total. The fourth-order valence-corrected chi connectivity index (χ4v) is 2.76. The Labute approximate surface area is 135 Å². The zero-order valence-electron chi connectivity index (χ0n) is 13.1. The van der Waals surface area contributed by atoms with Gasteiger partial charge >= 0.3 is 5.97 Å². The van der Waals surface area contributed by atoms with Gasteiger partial charge in [0.2, 0.25) is 0 Å². The van der Waals surface area contributed by atoms with Crippen LogP contribution in [-0.4, -0.2) is 36.7 Å². The van der Waals surface area contributed by atoms with Crippen LogP contribution in [0.2, 0.25) is 0 Å². The molecule has 0 radical (unpaired) electrons. The second kappa shape index (κ2) is 7.67. The lowest BCUT2D eigenvalue weighted by atomic mass is 10.0. The Morgan fingerprint density at radius 1 is 1.39 bits per heavy atom. The highest BCUT2D eigenvalue weighted by atomic mass is 16.5. The number of benzene rings is 1. The zero-order chi connectivity index (χ0) is 16.8. The Kier molecular flexibility index (Phi) is 5.62. The van der Waals surface area contributed by atoms with Crippen molar-refractivity contribution in [3.8, 4) is 11.5 Å². The normalized spacial score (nSPS) is 19.9. The molecule has 1 aromatic carbocycles. The maximum atomic E-state index is 12.3. The number of rotatable bonds is 7. The van der Waals surface area contributed by atoms with Crippen LogP contribution in [0.3, 0.4) is 0 Å². The van der Waals surface area contributed by atoms with Crippen molar-refractivity contribution in [1.29, 1.82) is 0 Å². The lowest BCUT2D eigenvalue weighted by Gasteiger charge is -2.18. The van der Waals surface area contributed by atoms with Crippen LogP contribution in [0, 0.1) is 5.92 Å². The fourth-order valence-electron chi connectivity index (χ4n) is 2.76. The van der Waals surface area contributed by atoms with Gasteiger partial charge in [0.25, 0.3) is 5.91 Å². The molecule has 0 aliphatic heterocycles. The van der Waals surface area contributed by atoms with E-state index in [0.717, 1.165) is 6.42 Å². The summed E-state index contributed by atoms with van der Waals surface area (Å²) < 4.78 is 10.7. The van der Waals surface area contributed by atoms with Crippen molar-refractivity contribution in [2.45, 2.75) is 25.3 Å². The summed E-state index contributed by atoms with van der Waals surface area (Å²) in [5.41, 5.74) is 0.406. The molecule has 1 fully saturated rings. The molecule has 2 atom stereocenters. The first-order valence-electron chi connectivity index (χ1n) is 7.52. The smallest absolute Gasteiger partial charge is 0.308 e. The van der Waals surface area contributed by atoms with E-state index in [4.69, 9.17) is 9.47 Å². The van der Waals surface area contributed by atoms with Crippen LogP contribution >= 0.6 is 0 Å². The number of carboxylic acid groups (broad SMARTS) is 1. The van der Waals surface area contributed by atoms with Crippen LogP contribution in [0.25, 0.3) is 0 Å². The fraction of sp³-hybridized carbons (Fsp3) is 0.412. The predicted molar refractivity (Wildman–Crippen MR) is 84.9 cm³/mol. The molecule has 0 bridgehead atoms. The van der Waals surface area contributed by atoms with Gasteiger partial charge in [-0.2, -0.15) is 0 Å². The van der Waals surface area contributed by atoms with Crippen LogP contribution in [-0.2, 0) is 4.79 Å². The standard InChI is InChI=1S/C17H21NO5/c1-3-9-23-14-8-7-11(10-15(14)22-2)16(19)18-13-6-4-5-12(13)17(20)21/h3,7-8,10,12-13H,1,4-6,9H2,2H3,(H,18,19)(H,20,21)/t12-,13+/m0/s1. The first kappa shape index (κ1) is 16.9. The molecule has 1 saturated carbocycles. The summed E-state index contributed by atoms with van der Waals surface area (Å²) in [6.07, 6.45) is 3.70. The first-order valence-corrected chi connectivity index (χ1v) is 7.52. The molecule has 2 N–H and O–H groups in total. The molecule has 0 spiro atoms. The van der Waals surface area contributed by atoms with Crippen molar-refractivity contribution in [2.24, 2.45) is 5.92 Å². The molecule has 0 aromatic heterocycles. The third kappa shape index (κ3) is 4.03. The highest BCUT2D eigenvalue weighted by Gasteiger charge is 2.34. The van der Waals surface area contributed by atoms with Crippen molar-refractivity contribution < 1.29 is 24.2 Å². The number of ether oxygens (including phenoxy) is 2. The first-order chi connectivity index (χ1) is 11.1. The quantitative estimate of drug-likeness (QED) is 0.753. The molecule has 23 heavy (non-hydrogen) atoms. The van der Waals surface area contributed by atoms with Crippen LogP contribution in [0.5, 0.6) is 11.5 Å². The number of methoxy groups -OCH3 is 1. The minimum atomic E-state index is -0.862. The van der Waals surface area contributed by atoms with Gasteiger partial charge in [0.05, 0.1) is 13.0 Å². The van der Waals surface area contributed by atoms with E-state index in [9.17, 15) is 14.7 Å². The van der Waals surface area contributed by atoms with E-state index in [1.807, 2.05) is 0 Å². The van der Waals surface area contributed by atoms with E-state index in [2.05, 4.69) is 11.9 Å². The summed E-state index contributed by atoms with van der Waals surface area (Å²) in [5, 5.41) is 12.0. The topological polar surface area (TPSA) is 84.9 Å². The highest BCUT2D eigenvalue weighted by molar-refractivity contribution is 5.95. The average molecular weight is 319 g/mol. The van der Waals surface area contributed by atoms with Gasteiger partial charge < -0.3 is 19.9 Å². The van der Waals surface area contributed by atoms with Crippen molar-refractivity contribution >= 4 is 11.9 Å². The monoisotopic (exact) mass is 319 g/mol. The van der Waals surface area contributed by atoms with Gasteiger partial charge in [-0.05, 0) is 31.0 Å². The van der Waals surface area contributed by atoms with Gasteiger partial charge in [0, 0.05) is 11.6 Å². The SMILES string of the molecule is C=CCOc1ccc(C(=O)N[C@@H]2CCC[C@@H]2C(=O)O)cc1OC. The Hall–Kier alpha value is -2.50. The second-order valence-electron chi connectivity index (χ2n) is 5.42. The van der Waals surface area contributed by atoms with E-state index < -0.39 is 11.9 Å². The number of carboxylic acids is 1. The van der Waals surface area contributed by atoms with Crippen molar-refractivity contribution in [3.63, 3.8) is 0 Å². The zero-order valence-corrected chi connectivity index (χ0v) is 13.1. The van der Waals surface area contributed by atoms with E-state index >= 15 is 0 Å².